The standard InChI is InChI=1S/C18H18N2O3/c1-23-16-10-6-5-9-15(16)20-18(22)14-11-13(14)17(21)19-12-7-3-2-4-8-12/h2-10,13-14H,11H2,1H3,(H,19,21)(H,20,22). The Morgan fingerprint density at radius 2 is 1.52 bits per heavy atom. The topological polar surface area (TPSA) is 67.4 Å². The number of rotatable bonds is 5. The van der Waals surface area contributed by atoms with Gasteiger partial charge in [0.1, 0.15) is 5.75 Å². The molecule has 118 valence electrons. The highest BCUT2D eigenvalue weighted by Crippen LogP contribution is 2.40. The zero-order valence-electron chi connectivity index (χ0n) is 12.8. The van der Waals surface area contributed by atoms with Gasteiger partial charge in [0.25, 0.3) is 0 Å². The summed E-state index contributed by atoms with van der Waals surface area (Å²) in [5, 5.41) is 5.66. The molecule has 5 heteroatoms. The van der Waals surface area contributed by atoms with Crippen LogP contribution in [0, 0.1) is 11.8 Å². The SMILES string of the molecule is COc1ccccc1NC(=O)C1CC1C(=O)Nc1ccccc1. The van der Waals surface area contributed by atoms with Crippen LogP contribution < -0.4 is 15.4 Å². The molecule has 0 aliphatic heterocycles. The molecular formula is C18H18N2O3. The molecule has 2 N–H and O–H groups in total. The van der Waals surface area contributed by atoms with Crippen molar-refractivity contribution in [2.75, 3.05) is 17.7 Å². The van der Waals surface area contributed by atoms with Crippen LogP contribution in [0.1, 0.15) is 6.42 Å². The van der Waals surface area contributed by atoms with Crippen LogP contribution in [0.4, 0.5) is 11.4 Å². The largest absolute Gasteiger partial charge is 0.495 e. The van der Waals surface area contributed by atoms with Gasteiger partial charge in [-0.05, 0) is 30.7 Å². The van der Waals surface area contributed by atoms with E-state index in [0.29, 0.717) is 17.9 Å². The second kappa shape index (κ2) is 6.52. The fraction of sp³-hybridized carbons (Fsp3) is 0.222. The number of amides is 2. The summed E-state index contributed by atoms with van der Waals surface area (Å²) in [6.45, 7) is 0. The highest BCUT2D eigenvalue weighted by molar-refractivity contribution is 6.03. The van der Waals surface area contributed by atoms with Gasteiger partial charge in [-0.2, -0.15) is 0 Å². The summed E-state index contributed by atoms with van der Waals surface area (Å²) in [4.78, 5) is 24.4. The summed E-state index contributed by atoms with van der Waals surface area (Å²) in [7, 11) is 1.55. The minimum atomic E-state index is -0.288. The predicted molar refractivity (Wildman–Crippen MR) is 88.3 cm³/mol. The van der Waals surface area contributed by atoms with E-state index in [0.717, 1.165) is 5.69 Å². The van der Waals surface area contributed by atoms with Crippen molar-refractivity contribution in [2.24, 2.45) is 11.8 Å². The number of carbonyl (C=O) groups is 2. The van der Waals surface area contributed by atoms with E-state index in [1.807, 2.05) is 42.5 Å². The minimum absolute atomic E-state index is 0.114. The third-order valence-corrected chi connectivity index (χ3v) is 3.87. The summed E-state index contributed by atoms with van der Waals surface area (Å²) in [5.41, 5.74) is 1.36. The average Bonchev–Trinajstić information content (AvgIpc) is 3.37. The van der Waals surface area contributed by atoms with Crippen LogP contribution in [0.2, 0.25) is 0 Å². The molecule has 1 fully saturated rings. The first kappa shape index (κ1) is 15.1. The minimum Gasteiger partial charge on any atom is -0.495 e. The number of carbonyl (C=O) groups excluding carboxylic acids is 2. The smallest absolute Gasteiger partial charge is 0.228 e. The zero-order valence-corrected chi connectivity index (χ0v) is 12.8. The average molecular weight is 310 g/mol. The Morgan fingerprint density at radius 3 is 2.22 bits per heavy atom. The van der Waals surface area contributed by atoms with E-state index in [4.69, 9.17) is 4.74 Å². The maximum atomic E-state index is 12.3. The number of para-hydroxylation sites is 3. The molecule has 0 saturated heterocycles. The van der Waals surface area contributed by atoms with Gasteiger partial charge >= 0.3 is 0 Å². The molecule has 2 aromatic rings. The lowest BCUT2D eigenvalue weighted by Crippen LogP contribution is -2.20. The molecule has 3 rings (SSSR count). The van der Waals surface area contributed by atoms with Crippen molar-refractivity contribution in [1.29, 1.82) is 0 Å². The van der Waals surface area contributed by atoms with E-state index in [9.17, 15) is 9.59 Å². The van der Waals surface area contributed by atoms with Gasteiger partial charge in [-0.1, -0.05) is 30.3 Å². The molecule has 0 heterocycles. The van der Waals surface area contributed by atoms with Crippen LogP contribution in [0.25, 0.3) is 0 Å². The van der Waals surface area contributed by atoms with Crippen LogP contribution in [0.3, 0.4) is 0 Å². The monoisotopic (exact) mass is 310 g/mol. The van der Waals surface area contributed by atoms with E-state index >= 15 is 0 Å². The van der Waals surface area contributed by atoms with E-state index in [1.54, 1.807) is 19.2 Å². The molecule has 2 unspecified atom stereocenters. The Bertz CT molecular complexity index is 715. The third kappa shape index (κ3) is 3.51. The zero-order chi connectivity index (χ0) is 16.2. The Balaban J connectivity index is 1.57. The van der Waals surface area contributed by atoms with E-state index in [2.05, 4.69) is 10.6 Å². The molecule has 0 radical (unpaired) electrons. The molecule has 1 aliphatic rings. The van der Waals surface area contributed by atoms with Gasteiger partial charge < -0.3 is 15.4 Å². The number of nitrogens with one attached hydrogen (secondary N) is 2. The first-order valence-electron chi connectivity index (χ1n) is 7.49. The summed E-state index contributed by atoms with van der Waals surface area (Å²) in [6.07, 6.45) is 0.569. The molecule has 0 bridgehead atoms. The summed E-state index contributed by atoms with van der Waals surface area (Å²) < 4.78 is 5.21. The van der Waals surface area contributed by atoms with Crippen LogP contribution >= 0.6 is 0 Å². The van der Waals surface area contributed by atoms with Gasteiger partial charge in [0.2, 0.25) is 11.8 Å². The molecule has 2 aromatic carbocycles. The lowest BCUT2D eigenvalue weighted by Gasteiger charge is -2.09. The van der Waals surface area contributed by atoms with Gasteiger partial charge in [0.05, 0.1) is 24.6 Å². The molecule has 5 nitrogen and oxygen atoms in total. The maximum absolute atomic E-state index is 12.3. The van der Waals surface area contributed by atoms with Gasteiger partial charge in [-0.15, -0.1) is 0 Å². The number of ether oxygens (including phenoxy) is 1. The number of anilines is 2. The maximum Gasteiger partial charge on any atom is 0.228 e. The molecule has 23 heavy (non-hydrogen) atoms. The second-order valence-corrected chi connectivity index (χ2v) is 5.49. The van der Waals surface area contributed by atoms with Crippen molar-refractivity contribution in [3.8, 4) is 5.75 Å². The first-order chi connectivity index (χ1) is 11.2. The highest BCUT2D eigenvalue weighted by Gasteiger charge is 2.48. The van der Waals surface area contributed by atoms with Crippen LogP contribution in [-0.4, -0.2) is 18.9 Å². The van der Waals surface area contributed by atoms with Crippen LogP contribution in [-0.2, 0) is 9.59 Å². The van der Waals surface area contributed by atoms with Crippen molar-refractivity contribution in [3.63, 3.8) is 0 Å². The van der Waals surface area contributed by atoms with Crippen LogP contribution in [0.15, 0.2) is 54.6 Å². The van der Waals surface area contributed by atoms with Crippen LogP contribution in [0.5, 0.6) is 5.75 Å². The fourth-order valence-electron chi connectivity index (χ4n) is 2.50. The number of methoxy groups -OCH3 is 1. The molecule has 1 aliphatic carbocycles. The molecule has 0 spiro atoms. The Kier molecular flexibility index (Phi) is 4.28. The van der Waals surface area contributed by atoms with E-state index in [-0.39, 0.29) is 23.7 Å². The van der Waals surface area contributed by atoms with Crippen molar-refractivity contribution >= 4 is 23.2 Å². The third-order valence-electron chi connectivity index (χ3n) is 3.87. The Hall–Kier alpha value is -2.82. The fourth-order valence-corrected chi connectivity index (χ4v) is 2.50. The molecule has 2 amide bonds. The van der Waals surface area contributed by atoms with Crippen molar-refractivity contribution in [2.45, 2.75) is 6.42 Å². The summed E-state index contributed by atoms with van der Waals surface area (Å²) >= 11 is 0. The van der Waals surface area contributed by atoms with Crippen molar-refractivity contribution in [1.82, 2.24) is 0 Å². The quantitative estimate of drug-likeness (QED) is 0.892. The van der Waals surface area contributed by atoms with Gasteiger partial charge in [0.15, 0.2) is 0 Å². The van der Waals surface area contributed by atoms with Crippen molar-refractivity contribution < 1.29 is 14.3 Å². The molecule has 2 atom stereocenters. The number of benzene rings is 2. The predicted octanol–water partition coefficient (Wildman–Crippen LogP) is 2.91. The molecular weight excluding hydrogens is 292 g/mol. The van der Waals surface area contributed by atoms with E-state index in [1.165, 1.54) is 0 Å². The van der Waals surface area contributed by atoms with Gasteiger partial charge in [0, 0.05) is 5.69 Å². The number of hydrogen-bond acceptors (Lipinski definition) is 3. The normalized spacial score (nSPS) is 18.8. The van der Waals surface area contributed by atoms with Gasteiger partial charge in [-0.25, -0.2) is 0 Å². The lowest BCUT2D eigenvalue weighted by atomic mass is 10.2. The Morgan fingerprint density at radius 1 is 0.913 bits per heavy atom. The summed E-state index contributed by atoms with van der Waals surface area (Å²) in [5.74, 6) is -0.223. The lowest BCUT2D eigenvalue weighted by molar-refractivity contribution is -0.122. The number of hydrogen-bond donors (Lipinski definition) is 2. The van der Waals surface area contributed by atoms with E-state index < -0.39 is 0 Å². The highest BCUT2D eigenvalue weighted by atomic mass is 16.5. The second-order valence-electron chi connectivity index (χ2n) is 5.49. The summed E-state index contributed by atoms with van der Waals surface area (Å²) in [6, 6.07) is 16.5. The molecule has 0 aromatic heterocycles. The molecule has 1 saturated carbocycles. The van der Waals surface area contributed by atoms with Crippen molar-refractivity contribution in [3.05, 3.63) is 54.6 Å². The van der Waals surface area contributed by atoms with Gasteiger partial charge in [-0.3, -0.25) is 9.59 Å². The first-order valence-corrected chi connectivity index (χ1v) is 7.49. The Labute approximate surface area is 134 Å².